The Balaban J connectivity index is 1.45. The van der Waals surface area contributed by atoms with Crippen LogP contribution < -0.4 is 10.2 Å². The van der Waals surface area contributed by atoms with Crippen molar-refractivity contribution in [1.29, 1.82) is 0 Å². The number of nitrogens with one attached hydrogen (secondary N) is 1. The van der Waals surface area contributed by atoms with Gasteiger partial charge in [-0.05, 0) is 55.2 Å². The van der Waals surface area contributed by atoms with Crippen LogP contribution in [0.5, 0.6) is 0 Å². The number of imide groups is 1. The van der Waals surface area contributed by atoms with Gasteiger partial charge in [-0.25, -0.2) is 4.79 Å². The summed E-state index contributed by atoms with van der Waals surface area (Å²) < 4.78 is 0. The largest absolute Gasteiger partial charge is 0.343 e. The lowest BCUT2D eigenvalue weighted by molar-refractivity contribution is -0.139. The summed E-state index contributed by atoms with van der Waals surface area (Å²) in [7, 11) is 1.77. The van der Waals surface area contributed by atoms with E-state index in [9.17, 15) is 9.59 Å². The molecule has 8 heteroatoms. The minimum Gasteiger partial charge on any atom is -0.343 e. The first-order valence-corrected chi connectivity index (χ1v) is 11.4. The van der Waals surface area contributed by atoms with Gasteiger partial charge in [0.05, 0.1) is 6.54 Å². The van der Waals surface area contributed by atoms with Crippen molar-refractivity contribution in [1.82, 2.24) is 20.0 Å². The summed E-state index contributed by atoms with van der Waals surface area (Å²) in [5.41, 5.74) is 4.49. The van der Waals surface area contributed by atoms with Crippen molar-refractivity contribution in [3.8, 4) is 0 Å². The quantitative estimate of drug-likeness (QED) is 0.773. The molecule has 3 heterocycles. The minimum absolute atomic E-state index is 0.135. The van der Waals surface area contributed by atoms with Gasteiger partial charge in [-0.3, -0.25) is 19.9 Å². The number of hydrogen-bond donors (Lipinski definition) is 1. The van der Waals surface area contributed by atoms with Gasteiger partial charge in [-0.1, -0.05) is 35.9 Å². The summed E-state index contributed by atoms with van der Waals surface area (Å²) in [5, 5.41) is 4.17. The van der Waals surface area contributed by atoms with E-state index in [1.807, 2.05) is 12.1 Å². The number of aryl methyl sites for hydroxylation is 1. The monoisotopic (exact) mass is 453 g/mol. The first-order chi connectivity index (χ1) is 15.4. The summed E-state index contributed by atoms with van der Waals surface area (Å²) in [6, 6.07) is 12.9. The third kappa shape index (κ3) is 3.36. The van der Waals surface area contributed by atoms with E-state index in [4.69, 9.17) is 11.6 Å². The van der Waals surface area contributed by atoms with Gasteiger partial charge in [0.2, 0.25) is 0 Å². The number of nitrogens with zero attached hydrogens (tertiary/aromatic N) is 4. The second kappa shape index (κ2) is 8.06. The summed E-state index contributed by atoms with van der Waals surface area (Å²) in [6.45, 7) is 6.17. The fraction of sp³-hybridized carbons (Fsp3) is 0.417. The number of carbonyl (C=O) groups excluding carboxylic acids is 2. The maximum absolute atomic E-state index is 13.6. The lowest BCUT2D eigenvalue weighted by atomic mass is 10.1. The molecule has 2 aromatic rings. The second-order valence-electron chi connectivity index (χ2n) is 8.88. The topological polar surface area (TPSA) is 59.1 Å². The van der Waals surface area contributed by atoms with Crippen molar-refractivity contribution in [2.45, 2.75) is 45.3 Å². The molecule has 5 rings (SSSR count). The summed E-state index contributed by atoms with van der Waals surface area (Å²) >= 11 is 6.12. The number of carbonyl (C=O) groups is 2. The fourth-order valence-electron chi connectivity index (χ4n) is 5.18. The van der Waals surface area contributed by atoms with Gasteiger partial charge < -0.3 is 9.80 Å². The van der Waals surface area contributed by atoms with Gasteiger partial charge in [-0.15, -0.1) is 0 Å². The zero-order valence-corrected chi connectivity index (χ0v) is 19.3. The first kappa shape index (κ1) is 21.2. The Kier molecular flexibility index (Phi) is 5.35. The van der Waals surface area contributed by atoms with E-state index >= 15 is 0 Å². The maximum Gasteiger partial charge on any atom is 0.328 e. The lowest BCUT2D eigenvalue weighted by Gasteiger charge is -2.44. The number of anilines is 1. The average Bonchev–Trinajstić information content (AvgIpc) is 3.17. The van der Waals surface area contributed by atoms with Crippen molar-refractivity contribution in [3.63, 3.8) is 0 Å². The van der Waals surface area contributed by atoms with Crippen LogP contribution >= 0.6 is 11.6 Å². The molecule has 0 aliphatic carbocycles. The molecule has 3 atom stereocenters. The Morgan fingerprint density at radius 2 is 1.88 bits per heavy atom. The Morgan fingerprint density at radius 3 is 2.66 bits per heavy atom. The number of halogens is 1. The molecule has 32 heavy (non-hydrogen) atoms. The zero-order valence-electron chi connectivity index (χ0n) is 18.6. The highest BCUT2D eigenvalue weighted by Crippen LogP contribution is 2.35. The Hall–Kier alpha value is -2.61. The SMILES string of the molecule is Cc1cccc(N2CCCN3C4C(=O)N(Cc5cccc(Cl)c5)C(=O)N(C)C4NC23)c1C. The number of likely N-dealkylation sites (N-methyl/N-ethyl adjacent to an activating group) is 1. The second-order valence-corrected chi connectivity index (χ2v) is 9.32. The van der Waals surface area contributed by atoms with Gasteiger partial charge >= 0.3 is 6.03 Å². The summed E-state index contributed by atoms with van der Waals surface area (Å²) in [6.07, 6.45) is 0.458. The number of amides is 3. The molecule has 3 fully saturated rings. The van der Waals surface area contributed by atoms with E-state index in [0.717, 1.165) is 25.1 Å². The standard InChI is InChI=1S/C24H28ClN5O2/c1-15-7-4-10-19(16(15)2)28-11-6-12-29-20-21(26-23(28)29)27(3)24(32)30(22(20)31)14-17-8-5-9-18(25)13-17/h4-5,7-10,13,20-21,23,26H,6,11-12,14H2,1-3H3. The predicted molar refractivity (Wildman–Crippen MR) is 124 cm³/mol. The van der Waals surface area contributed by atoms with Crippen LogP contribution in [0.2, 0.25) is 5.02 Å². The van der Waals surface area contributed by atoms with Crippen LogP contribution in [-0.2, 0) is 11.3 Å². The molecule has 2 aromatic carbocycles. The molecule has 1 N–H and O–H groups in total. The normalized spacial score (nSPS) is 25.9. The number of fused-ring (bicyclic) bond motifs is 3. The molecule has 3 amide bonds. The van der Waals surface area contributed by atoms with Crippen LogP contribution in [0.3, 0.4) is 0 Å². The number of benzene rings is 2. The van der Waals surface area contributed by atoms with Crippen LogP contribution in [0.25, 0.3) is 0 Å². The fourth-order valence-corrected chi connectivity index (χ4v) is 5.39. The zero-order chi connectivity index (χ0) is 22.6. The van der Waals surface area contributed by atoms with E-state index < -0.39 is 6.04 Å². The Bertz CT molecular complexity index is 1080. The molecule has 0 saturated carbocycles. The molecular formula is C24H28ClN5O2. The van der Waals surface area contributed by atoms with E-state index in [2.05, 4.69) is 47.2 Å². The van der Waals surface area contributed by atoms with Gasteiger partial charge in [-0.2, -0.15) is 0 Å². The minimum atomic E-state index is -0.421. The molecule has 168 valence electrons. The van der Waals surface area contributed by atoms with Gasteiger partial charge in [0.1, 0.15) is 18.5 Å². The number of hydrogen-bond acceptors (Lipinski definition) is 5. The van der Waals surface area contributed by atoms with Crippen molar-refractivity contribution in [2.75, 3.05) is 25.0 Å². The molecule has 0 radical (unpaired) electrons. The predicted octanol–water partition coefficient (Wildman–Crippen LogP) is 3.14. The van der Waals surface area contributed by atoms with Crippen LogP contribution in [-0.4, -0.2) is 65.3 Å². The van der Waals surface area contributed by atoms with Crippen LogP contribution in [0.1, 0.15) is 23.1 Å². The van der Waals surface area contributed by atoms with Crippen LogP contribution in [0, 0.1) is 13.8 Å². The van der Waals surface area contributed by atoms with E-state index in [1.165, 1.54) is 21.7 Å². The van der Waals surface area contributed by atoms with Crippen molar-refractivity contribution < 1.29 is 9.59 Å². The number of urea groups is 1. The molecule has 0 aromatic heterocycles. The molecular weight excluding hydrogens is 426 g/mol. The highest BCUT2D eigenvalue weighted by molar-refractivity contribution is 6.30. The molecule has 3 saturated heterocycles. The van der Waals surface area contributed by atoms with Crippen LogP contribution in [0.4, 0.5) is 10.5 Å². The van der Waals surface area contributed by atoms with Crippen molar-refractivity contribution in [2.24, 2.45) is 0 Å². The Morgan fingerprint density at radius 1 is 1.09 bits per heavy atom. The molecule has 3 aliphatic heterocycles. The molecule has 7 nitrogen and oxygen atoms in total. The van der Waals surface area contributed by atoms with Gasteiger partial charge in [0.25, 0.3) is 5.91 Å². The van der Waals surface area contributed by atoms with Crippen molar-refractivity contribution >= 4 is 29.2 Å². The van der Waals surface area contributed by atoms with Gasteiger partial charge in [0.15, 0.2) is 0 Å². The van der Waals surface area contributed by atoms with E-state index in [1.54, 1.807) is 24.1 Å². The smallest absolute Gasteiger partial charge is 0.328 e. The highest BCUT2D eigenvalue weighted by Gasteiger charge is 2.56. The lowest BCUT2D eigenvalue weighted by Crippen LogP contribution is -2.66. The first-order valence-electron chi connectivity index (χ1n) is 11.0. The molecule has 3 unspecified atom stereocenters. The summed E-state index contributed by atoms with van der Waals surface area (Å²) in [5.74, 6) is -0.157. The van der Waals surface area contributed by atoms with Crippen LogP contribution in [0.15, 0.2) is 42.5 Å². The van der Waals surface area contributed by atoms with E-state index in [0.29, 0.717) is 5.02 Å². The number of rotatable bonds is 3. The highest BCUT2D eigenvalue weighted by atomic mass is 35.5. The Labute approximate surface area is 193 Å². The third-order valence-electron chi connectivity index (χ3n) is 6.99. The van der Waals surface area contributed by atoms with E-state index in [-0.39, 0.29) is 30.9 Å². The van der Waals surface area contributed by atoms with Gasteiger partial charge in [0, 0.05) is 30.8 Å². The summed E-state index contributed by atoms with van der Waals surface area (Å²) in [4.78, 5) is 34.3. The van der Waals surface area contributed by atoms with Crippen molar-refractivity contribution in [3.05, 3.63) is 64.2 Å². The average molecular weight is 454 g/mol. The maximum atomic E-state index is 13.6. The third-order valence-corrected chi connectivity index (χ3v) is 7.22. The molecule has 0 spiro atoms. The molecule has 3 aliphatic rings. The molecule has 0 bridgehead atoms.